The third-order valence-electron chi connectivity index (χ3n) is 3.39. The van der Waals surface area contributed by atoms with Gasteiger partial charge in [-0.25, -0.2) is 13.2 Å². The Balaban J connectivity index is 2.35. The quantitative estimate of drug-likeness (QED) is 0.682. The monoisotopic (exact) mass is 357 g/mol. The van der Waals surface area contributed by atoms with Crippen LogP contribution in [0.15, 0.2) is 23.1 Å². The van der Waals surface area contributed by atoms with Gasteiger partial charge in [0, 0.05) is 13.1 Å². The summed E-state index contributed by atoms with van der Waals surface area (Å²) in [5.74, 6) is -0.950. The molecule has 1 aromatic carbocycles. The second-order valence-electron chi connectivity index (χ2n) is 5.16. The number of hydrogen-bond donors (Lipinski definition) is 0. The number of carbonyl (C=O) groups is 2. The Hall–Kier alpha value is -1.97. The molecule has 1 saturated heterocycles. The van der Waals surface area contributed by atoms with Gasteiger partial charge in [0.15, 0.2) is 5.78 Å². The Bertz CT molecular complexity index is 723. The first-order chi connectivity index (χ1) is 11.4. The Labute approximate surface area is 140 Å². The summed E-state index contributed by atoms with van der Waals surface area (Å²) in [6.45, 7) is 1.99. The van der Waals surface area contributed by atoms with Crippen LogP contribution in [-0.2, 0) is 24.3 Å². The lowest BCUT2D eigenvalue weighted by atomic mass is 10.2. The molecule has 8 nitrogen and oxygen atoms in total. The van der Waals surface area contributed by atoms with Gasteiger partial charge in [0.05, 0.1) is 25.9 Å². The van der Waals surface area contributed by atoms with Gasteiger partial charge >= 0.3 is 5.97 Å². The van der Waals surface area contributed by atoms with Crippen molar-refractivity contribution in [3.05, 3.63) is 23.8 Å². The minimum Gasteiger partial charge on any atom is -0.495 e. The summed E-state index contributed by atoms with van der Waals surface area (Å²) in [5, 5.41) is 0. The summed E-state index contributed by atoms with van der Waals surface area (Å²) in [5.41, 5.74) is 0.0314. The summed E-state index contributed by atoms with van der Waals surface area (Å²) in [4.78, 5) is 22.7. The number of hydrogen-bond acceptors (Lipinski definition) is 7. The number of nitrogens with zero attached hydrogens (tertiary/aromatic N) is 1. The molecule has 0 unspecified atom stereocenters. The van der Waals surface area contributed by atoms with Crippen LogP contribution in [0.2, 0.25) is 0 Å². The van der Waals surface area contributed by atoms with Crippen molar-refractivity contribution in [2.75, 3.05) is 40.0 Å². The summed E-state index contributed by atoms with van der Waals surface area (Å²) in [6, 6.07) is 3.98. The summed E-state index contributed by atoms with van der Waals surface area (Å²) in [6.07, 6.45) is 0. The van der Waals surface area contributed by atoms with E-state index in [-0.39, 0.29) is 41.7 Å². The van der Waals surface area contributed by atoms with Crippen molar-refractivity contribution in [2.45, 2.75) is 11.8 Å². The van der Waals surface area contributed by atoms with E-state index in [0.717, 1.165) is 0 Å². The van der Waals surface area contributed by atoms with Crippen LogP contribution < -0.4 is 4.74 Å². The molecule has 2 rings (SSSR count). The average molecular weight is 357 g/mol. The molecule has 1 aliphatic heterocycles. The molecular formula is C15H19NO7S. The predicted octanol–water partition coefficient (Wildman–Crippen LogP) is 0.462. The predicted molar refractivity (Wildman–Crippen MR) is 83.5 cm³/mol. The van der Waals surface area contributed by atoms with Gasteiger partial charge in [-0.05, 0) is 25.1 Å². The normalized spacial score (nSPS) is 15.8. The molecule has 1 aliphatic rings. The maximum absolute atomic E-state index is 12.8. The number of rotatable bonds is 6. The fourth-order valence-corrected chi connectivity index (χ4v) is 3.77. The second-order valence-corrected chi connectivity index (χ2v) is 7.07. The van der Waals surface area contributed by atoms with Gasteiger partial charge in [-0.1, -0.05) is 0 Å². The highest BCUT2D eigenvalue weighted by atomic mass is 32.2. The highest BCUT2D eigenvalue weighted by molar-refractivity contribution is 7.89. The zero-order valence-electron chi connectivity index (χ0n) is 13.5. The number of morpholine rings is 1. The molecule has 1 fully saturated rings. The van der Waals surface area contributed by atoms with E-state index >= 15 is 0 Å². The fourth-order valence-electron chi connectivity index (χ4n) is 2.18. The van der Waals surface area contributed by atoms with E-state index in [1.54, 1.807) is 0 Å². The maximum atomic E-state index is 12.8. The topological polar surface area (TPSA) is 99.2 Å². The zero-order chi connectivity index (χ0) is 17.7. The van der Waals surface area contributed by atoms with Crippen LogP contribution in [0.4, 0.5) is 0 Å². The largest absolute Gasteiger partial charge is 0.495 e. The first-order valence-corrected chi connectivity index (χ1v) is 8.72. The number of carbonyl (C=O) groups excluding carboxylic acids is 2. The molecule has 0 atom stereocenters. The average Bonchev–Trinajstić information content (AvgIpc) is 2.59. The number of sulfonamides is 1. The molecule has 0 amide bonds. The van der Waals surface area contributed by atoms with E-state index in [9.17, 15) is 18.0 Å². The van der Waals surface area contributed by atoms with E-state index in [2.05, 4.69) is 0 Å². The Morgan fingerprint density at radius 1 is 1.25 bits per heavy atom. The van der Waals surface area contributed by atoms with Gasteiger partial charge in [0.1, 0.15) is 17.3 Å². The summed E-state index contributed by atoms with van der Waals surface area (Å²) < 4.78 is 42.0. The molecule has 9 heteroatoms. The minimum absolute atomic E-state index is 0.0314. The molecule has 1 heterocycles. The molecule has 0 radical (unpaired) electrons. The first-order valence-electron chi connectivity index (χ1n) is 7.28. The SMILES string of the molecule is COc1ccc(C(=O)OCC(C)=O)cc1S(=O)(=O)N1CCOCC1. The third-order valence-corrected chi connectivity index (χ3v) is 5.31. The van der Waals surface area contributed by atoms with Gasteiger partial charge in [-0.15, -0.1) is 0 Å². The number of esters is 1. The summed E-state index contributed by atoms with van der Waals surface area (Å²) >= 11 is 0. The van der Waals surface area contributed by atoms with E-state index in [1.807, 2.05) is 0 Å². The number of methoxy groups -OCH3 is 1. The minimum atomic E-state index is -3.84. The molecular weight excluding hydrogens is 338 g/mol. The first kappa shape index (κ1) is 18.4. The molecule has 0 aliphatic carbocycles. The maximum Gasteiger partial charge on any atom is 0.338 e. The molecule has 0 spiro atoms. The second kappa shape index (κ2) is 7.73. The lowest BCUT2D eigenvalue weighted by Gasteiger charge is -2.26. The van der Waals surface area contributed by atoms with Crippen molar-refractivity contribution in [3.8, 4) is 5.75 Å². The van der Waals surface area contributed by atoms with Crippen LogP contribution in [0.25, 0.3) is 0 Å². The van der Waals surface area contributed by atoms with Gasteiger partial charge < -0.3 is 14.2 Å². The van der Waals surface area contributed by atoms with Crippen LogP contribution in [0.5, 0.6) is 5.75 Å². The Morgan fingerprint density at radius 3 is 2.50 bits per heavy atom. The van der Waals surface area contributed by atoms with Crippen molar-refractivity contribution in [1.82, 2.24) is 4.31 Å². The van der Waals surface area contributed by atoms with Crippen LogP contribution >= 0.6 is 0 Å². The molecule has 24 heavy (non-hydrogen) atoms. The standard InChI is InChI=1S/C15H19NO7S/c1-11(17)10-23-15(18)12-3-4-13(21-2)14(9-12)24(19,20)16-5-7-22-8-6-16/h3-4,9H,5-8,10H2,1-2H3. The Kier molecular flexibility index (Phi) is 5.92. The van der Waals surface area contributed by atoms with Crippen LogP contribution in [0, 0.1) is 0 Å². The van der Waals surface area contributed by atoms with Crippen molar-refractivity contribution < 1.29 is 32.2 Å². The molecule has 0 aromatic heterocycles. The smallest absolute Gasteiger partial charge is 0.338 e. The highest BCUT2D eigenvalue weighted by Crippen LogP contribution is 2.28. The molecule has 1 aromatic rings. The zero-order valence-corrected chi connectivity index (χ0v) is 14.3. The lowest BCUT2D eigenvalue weighted by molar-refractivity contribution is -0.120. The van der Waals surface area contributed by atoms with E-state index in [4.69, 9.17) is 14.2 Å². The molecule has 0 saturated carbocycles. The van der Waals surface area contributed by atoms with Crippen LogP contribution in [-0.4, -0.2) is 64.5 Å². The van der Waals surface area contributed by atoms with E-state index in [1.165, 1.54) is 36.5 Å². The van der Waals surface area contributed by atoms with Gasteiger partial charge in [0.2, 0.25) is 10.0 Å². The van der Waals surface area contributed by atoms with Gasteiger partial charge in [-0.3, -0.25) is 4.79 Å². The highest BCUT2D eigenvalue weighted by Gasteiger charge is 2.30. The van der Waals surface area contributed by atoms with Crippen molar-refractivity contribution in [1.29, 1.82) is 0 Å². The Morgan fingerprint density at radius 2 is 1.92 bits per heavy atom. The number of Topliss-reactive ketones (excluding diaryl/α,β-unsaturated/α-hetero) is 1. The number of ether oxygens (including phenoxy) is 3. The molecule has 0 N–H and O–H groups in total. The number of benzene rings is 1. The van der Waals surface area contributed by atoms with Crippen molar-refractivity contribution in [2.24, 2.45) is 0 Å². The third kappa shape index (κ3) is 4.11. The summed E-state index contributed by atoms with van der Waals surface area (Å²) in [7, 11) is -2.49. The van der Waals surface area contributed by atoms with Crippen molar-refractivity contribution >= 4 is 21.8 Å². The number of ketones is 1. The van der Waals surface area contributed by atoms with Crippen LogP contribution in [0.1, 0.15) is 17.3 Å². The molecule has 0 bridgehead atoms. The molecule has 132 valence electrons. The van der Waals surface area contributed by atoms with Gasteiger partial charge in [-0.2, -0.15) is 4.31 Å². The van der Waals surface area contributed by atoms with E-state index < -0.39 is 16.0 Å². The van der Waals surface area contributed by atoms with Crippen molar-refractivity contribution in [3.63, 3.8) is 0 Å². The lowest BCUT2D eigenvalue weighted by Crippen LogP contribution is -2.40. The van der Waals surface area contributed by atoms with Gasteiger partial charge in [0.25, 0.3) is 0 Å². The fraction of sp³-hybridized carbons (Fsp3) is 0.467. The van der Waals surface area contributed by atoms with Crippen LogP contribution in [0.3, 0.4) is 0 Å². The van der Waals surface area contributed by atoms with E-state index in [0.29, 0.717) is 13.2 Å².